The normalized spacial score (nSPS) is 18.1. The summed E-state index contributed by atoms with van der Waals surface area (Å²) in [6, 6.07) is 8.24. The number of aromatic nitrogens is 3. The molecule has 0 saturated heterocycles. The zero-order chi connectivity index (χ0) is 13.2. The van der Waals surface area contributed by atoms with Gasteiger partial charge in [0.15, 0.2) is 5.82 Å². The molecule has 1 aliphatic rings. The van der Waals surface area contributed by atoms with Gasteiger partial charge >= 0.3 is 0 Å². The topological polar surface area (TPSA) is 52.0 Å². The first-order chi connectivity index (χ1) is 9.31. The van der Waals surface area contributed by atoms with Gasteiger partial charge in [0.05, 0.1) is 18.2 Å². The van der Waals surface area contributed by atoms with Crippen molar-refractivity contribution >= 4 is 0 Å². The Labute approximate surface area is 112 Å². The molecule has 1 aliphatic heterocycles. The van der Waals surface area contributed by atoms with Crippen LogP contribution in [0.25, 0.3) is 11.4 Å². The molecule has 0 bridgehead atoms. The van der Waals surface area contributed by atoms with E-state index in [1.807, 2.05) is 31.2 Å². The summed E-state index contributed by atoms with van der Waals surface area (Å²) in [6.45, 7) is 6.58. The van der Waals surface area contributed by atoms with E-state index in [1.165, 1.54) is 0 Å². The minimum atomic E-state index is 0.245. The molecule has 1 aromatic heterocycles. The Kier molecular flexibility index (Phi) is 3.21. The third kappa shape index (κ3) is 2.10. The first-order valence-corrected chi connectivity index (χ1v) is 6.70. The standard InChI is InChI=1S/C14H18N4O/c1-3-19-12-7-5-4-6-11(12)14-17-16-13-10(2)15-8-9-18(13)14/h4-7,10,15H,3,8-9H2,1-2H3. The van der Waals surface area contributed by atoms with Crippen molar-refractivity contribution in [2.24, 2.45) is 0 Å². The number of benzene rings is 1. The largest absolute Gasteiger partial charge is 0.493 e. The molecule has 100 valence electrons. The van der Waals surface area contributed by atoms with Crippen LogP contribution in [-0.4, -0.2) is 27.9 Å². The maximum Gasteiger partial charge on any atom is 0.167 e. The zero-order valence-corrected chi connectivity index (χ0v) is 11.3. The highest BCUT2D eigenvalue weighted by Gasteiger charge is 2.23. The molecule has 1 atom stereocenters. The van der Waals surface area contributed by atoms with E-state index in [-0.39, 0.29) is 6.04 Å². The highest BCUT2D eigenvalue weighted by atomic mass is 16.5. The molecule has 0 spiro atoms. The van der Waals surface area contributed by atoms with Crippen molar-refractivity contribution in [2.75, 3.05) is 13.2 Å². The molecule has 2 heterocycles. The first-order valence-electron chi connectivity index (χ1n) is 6.70. The van der Waals surface area contributed by atoms with Crippen LogP contribution in [0.4, 0.5) is 0 Å². The molecule has 1 unspecified atom stereocenters. The number of ether oxygens (including phenoxy) is 1. The molecule has 1 N–H and O–H groups in total. The van der Waals surface area contributed by atoms with E-state index in [0.717, 1.165) is 36.1 Å². The Balaban J connectivity index is 2.08. The maximum atomic E-state index is 5.68. The maximum absolute atomic E-state index is 5.68. The van der Waals surface area contributed by atoms with Gasteiger partial charge in [0.2, 0.25) is 0 Å². The summed E-state index contributed by atoms with van der Waals surface area (Å²) < 4.78 is 7.86. The molecule has 2 aromatic rings. The Morgan fingerprint density at radius 2 is 2.21 bits per heavy atom. The fraction of sp³-hybridized carbons (Fsp3) is 0.429. The van der Waals surface area contributed by atoms with Crippen LogP contribution in [0.15, 0.2) is 24.3 Å². The Bertz CT molecular complexity index is 579. The smallest absolute Gasteiger partial charge is 0.167 e. The average Bonchev–Trinajstić information content (AvgIpc) is 2.85. The molecule has 0 radical (unpaired) electrons. The fourth-order valence-corrected chi connectivity index (χ4v) is 2.47. The lowest BCUT2D eigenvalue weighted by molar-refractivity contribution is 0.341. The summed E-state index contributed by atoms with van der Waals surface area (Å²) in [5.41, 5.74) is 1.01. The molecule has 5 nitrogen and oxygen atoms in total. The number of para-hydroxylation sites is 1. The van der Waals surface area contributed by atoms with Crippen molar-refractivity contribution < 1.29 is 4.74 Å². The number of nitrogens with zero attached hydrogens (tertiary/aromatic N) is 3. The summed E-state index contributed by atoms with van der Waals surface area (Å²) in [6.07, 6.45) is 0. The quantitative estimate of drug-likeness (QED) is 0.915. The van der Waals surface area contributed by atoms with E-state index in [9.17, 15) is 0 Å². The summed E-state index contributed by atoms with van der Waals surface area (Å²) in [7, 11) is 0. The molecule has 3 rings (SSSR count). The lowest BCUT2D eigenvalue weighted by atomic mass is 10.1. The van der Waals surface area contributed by atoms with Crippen molar-refractivity contribution in [1.29, 1.82) is 0 Å². The van der Waals surface area contributed by atoms with E-state index >= 15 is 0 Å². The van der Waals surface area contributed by atoms with Crippen LogP contribution in [0.3, 0.4) is 0 Å². The van der Waals surface area contributed by atoms with Gasteiger partial charge in [-0.2, -0.15) is 0 Å². The van der Waals surface area contributed by atoms with Gasteiger partial charge in [0.1, 0.15) is 11.6 Å². The molecular formula is C14H18N4O. The van der Waals surface area contributed by atoms with E-state index in [2.05, 4.69) is 27.0 Å². The highest BCUT2D eigenvalue weighted by molar-refractivity contribution is 5.64. The number of hydrogen-bond donors (Lipinski definition) is 1. The van der Waals surface area contributed by atoms with E-state index in [0.29, 0.717) is 6.61 Å². The van der Waals surface area contributed by atoms with Gasteiger partial charge in [-0.3, -0.25) is 0 Å². The predicted octanol–water partition coefficient (Wildman–Crippen LogP) is 2.01. The van der Waals surface area contributed by atoms with Gasteiger partial charge in [0.25, 0.3) is 0 Å². The number of hydrogen-bond acceptors (Lipinski definition) is 4. The summed E-state index contributed by atoms with van der Waals surface area (Å²) >= 11 is 0. The van der Waals surface area contributed by atoms with Crippen molar-refractivity contribution in [3.63, 3.8) is 0 Å². The molecule has 1 aromatic carbocycles. The molecule has 0 saturated carbocycles. The van der Waals surface area contributed by atoms with Crippen LogP contribution in [0.5, 0.6) is 5.75 Å². The number of nitrogens with one attached hydrogen (secondary N) is 1. The van der Waals surface area contributed by atoms with E-state index < -0.39 is 0 Å². The van der Waals surface area contributed by atoms with E-state index in [1.54, 1.807) is 0 Å². The van der Waals surface area contributed by atoms with Crippen LogP contribution in [0, 0.1) is 0 Å². The second kappa shape index (κ2) is 5.01. The molecule has 0 amide bonds. The lowest BCUT2D eigenvalue weighted by Crippen LogP contribution is -2.32. The van der Waals surface area contributed by atoms with Crippen LogP contribution in [0.2, 0.25) is 0 Å². The molecule has 0 fully saturated rings. The molecule has 19 heavy (non-hydrogen) atoms. The number of fused-ring (bicyclic) bond motifs is 1. The van der Waals surface area contributed by atoms with Crippen LogP contribution < -0.4 is 10.1 Å². The third-order valence-corrected chi connectivity index (χ3v) is 3.38. The minimum Gasteiger partial charge on any atom is -0.493 e. The predicted molar refractivity (Wildman–Crippen MR) is 73.0 cm³/mol. The number of rotatable bonds is 3. The monoisotopic (exact) mass is 258 g/mol. The Morgan fingerprint density at radius 1 is 1.37 bits per heavy atom. The lowest BCUT2D eigenvalue weighted by Gasteiger charge is -2.22. The van der Waals surface area contributed by atoms with Crippen LogP contribution in [0.1, 0.15) is 25.7 Å². The molecular weight excluding hydrogens is 240 g/mol. The van der Waals surface area contributed by atoms with Crippen molar-refractivity contribution in [3.8, 4) is 17.1 Å². The zero-order valence-electron chi connectivity index (χ0n) is 11.3. The van der Waals surface area contributed by atoms with Crippen molar-refractivity contribution in [3.05, 3.63) is 30.1 Å². The Morgan fingerprint density at radius 3 is 3.05 bits per heavy atom. The first kappa shape index (κ1) is 12.2. The SMILES string of the molecule is CCOc1ccccc1-c1nnc2n1CCNC2C. The fourth-order valence-electron chi connectivity index (χ4n) is 2.47. The summed E-state index contributed by atoms with van der Waals surface area (Å²) in [5.74, 6) is 2.76. The average molecular weight is 258 g/mol. The second-order valence-electron chi connectivity index (χ2n) is 4.64. The summed E-state index contributed by atoms with van der Waals surface area (Å²) in [4.78, 5) is 0. The van der Waals surface area contributed by atoms with Gasteiger partial charge < -0.3 is 14.6 Å². The van der Waals surface area contributed by atoms with Gasteiger partial charge in [0, 0.05) is 13.1 Å². The minimum absolute atomic E-state index is 0.245. The van der Waals surface area contributed by atoms with Gasteiger partial charge in [-0.25, -0.2) is 0 Å². The molecule has 5 heteroatoms. The summed E-state index contributed by atoms with van der Waals surface area (Å²) in [5, 5.41) is 12.1. The van der Waals surface area contributed by atoms with Gasteiger partial charge in [-0.05, 0) is 26.0 Å². The van der Waals surface area contributed by atoms with Crippen molar-refractivity contribution in [1.82, 2.24) is 20.1 Å². The molecule has 0 aliphatic carbocycles. The second-order valence-corrected chi connectivity index (χ2v) is 4.64. The van der Waals surface area contributed by atoms with E-state index in [4.69, 9.17) is 4.74 Å². The van der Waals surface area contributed by atoms with Gasteiger partial charge in [-0.1, -0.05) is 12.1 Å². The van der Waals surface area contributed by atoms with Crippen LogP contribution in [-0.2, 0) is 6.54 Å². The van der Waals surface area contributed by atoms with Gasteiger partial charge in [-0.15, -0.1) is 10.2 Å². The Hall–Kier alpha value is -1.88. The van der Waals surface area contributed by atoms with Crippen molar-refractivity contribution in [2.45, 2.75) is 26.4 Å². The van der Waals surface area contributed by atoms with Crippen LogP contribution >= 0.6 is 0 Å². The third-order valence-electron chi connectivity index (χ3n) is 3.38. The highest BCUT2D eigenvalue weighted by Crippen LogP contribution is 2.30.